The van der Waals surface area contributed by atoms with Crippen LogP contribution in [0, 0.1) is 0 Å². The zero-order chi connectivity index (χ0) is 27.6. The molecule has 200 valence electrons. The normalized spacial score (nSPS) is 11.7. The smallest absolute Gasteiger partial charge is 0.416 e. The molecule has 4 rings (SSSR count). The third kappa shape index (κ3) is 5.89. The number of halogens is 7. The molecular weight excluding hydrogens is 558 g/mol. The second-order valence-electron chi connectivity index (χ2n) is 7.82. The van der Waals surface area contributed by atoms with E-state index in [9.17, 15) is 26.7 Å². The number of aryl methyl sites for hydroxylation is 1. The van der Waals surface area contributed by atoms with E-state index in [2.05, 4.69) is 25.6 Å². The molecule has 0 spiro atoms. The highest BCUT2D eigenvalue weighted by atomic mass is 35.5. The number of carbonyl (C=O) groups excluding carboxylic acids is 1. The van der Waals surface area contributed by atoms with Crippen molar-refractivity contribution in [3.8, 4) is 5.88 Å². The summed E-state index contributed by atoms with van der Waals surface area (Å²) < 4.78 is 72.2. The molecule has 0 saturated carbocycles. The minimum Gasteiger partial charge on any atom is -0.471 e. The van der Waals surface area contributed by atoms with Gasteiger partial charge in [0.2, 0.25) is 11.8 Å². The van der Waals surface area contributed by atoms with Crippen molar-refractivity contribution < 1.29 is 31.5 Å². The van der Waals surface area contributed by atoms with Gasteiger partial charge in [-0.15, -0.1) is 0 Å². The number of ether oxygens (including phenoxy) is 1. The van der Waals surface area contributed by atoms with Gasteiger partial charge >= 0.3 is 6.18 Å². The molecule has 0 aliphatic rings. The van der Waals surface area contributed by atoms with E-state index in [1.807, 2.05) is 0 Å². The highest BCUT2D eigenvalue weighted by molar-refractivity contribution is 6.39. The molecule has 38 heavy (non-hydrogen) atoms. The topological polar surface area (TPSA) is 94.0 Å². The Morgan fingerprint density at radius 2 is 1.82 bits per heavy atom. The van der Waals surface area contributed by atoms with Crippen LogP contribution >= 0.6 is 23.2 Å². The number of imidazole rings is 1. The Balaban J connectivity index is 1.68. The van der Waals surface area contributed by atoms with Gasteiger partial charge in [0.15, 0.2) is 12.3 Å². The molecule has 3 aromatic heterocycles. The van der Waals surface area contributed by atoms with Gasteiger partial charge in [0.25, 0.3) is 12.3 Å². The summed E-state index contributed by atoms with van der Waals surface area (Å²) in [5.74, 6) is -1.17. The van der Waals surface area contributed by atoms with E-state index in [0.717, 1.165) is 6.07 Å². The zero-order valence-corrected chi connectivity index (χ0v) is 20.8. The molecular formula is C23H17Cl2F5N6O2. The lowest BCUT2D eigenvalue weighted by molar-refractivity contribution is -0.138. The lowest BCUT2D eigenvalue weighted by Crippen LogP contribution is -2.26. The largest absolute Gasteiger partial charge is 0.471 e. The van der Waals surface area contributed by atoms with Gasteiger partial charge in [-0.25, -0.2) is 13.8 Å². The fourth-order valence-corrected chi connectivity index (χ4v) is 3.95. The summed E-state index contributed by atoms with van der Waals surface area (Å²) in [6.45, 7) is -1.56. The number of anilines is 2. The van der Waals surface area contributed by atoms with Gasteiger partial charge in [-0.05, 0) is 17.7 Å². The van der Waals surface area contributed by atoms with E-state index in [4.69, 9.17) is 27.9 Å². The van der Waals surface area contributed by atoms with Crippen molar-refractivity contribution in [2.24, 2.45) is 7.05 Å². The Morgan fingerprint density at radius 3 is 2.47 bits per heavy atom. The Hall–Kier alpha value is -3.71. The summed E-state index contributed by atoms with van der Waals surface area (Å²) in [4.78, 5) is 25.4. The number of carbonyl (C=O) groups is 1. The molecule has 0 radical (unpaired) electrons. The van der Waals surface area contributed by atoms with Gasteiger partial charge in [0, 0.05) is 26.0 Å². The number of rotatable bonds is 8. The number of amides is 1. The van der Waals surface area contributed by atoms with Crippen LogP contribution in [-0.4, -0.2) is 38.5 Å². The minimum atomic E-state index is -4.63. The Bertz CT molecular complexity index is 1480. The van der Waals surface area contributed by atoms with Crippen LogP contribution in [0.3, 0.4) is 0 Å². The van der Waals surface area contributed by atoms with Crippen LogP contribution in [0.15, 0.2) is 42.7 Å². The summed E-state index contributed by atoms with van der Waals surface area (Å²) in [6.07, 6.45) is -4.80. The maximum atomic E-state index is 13.3. The standard InChI is InChI=1S/C23H17Cl2F5N6O2/c1-36-19-16(33-22(36)34-18-14(24)8-31-9-15(18)25)6-12(21(35-19)38-10-17(26)27)20(37)32-7-11-4-2-3-5-13(11)23(28,29)30/h2-6,8-9,17H,7,10H2,1H3,(H,32,37)(H,31,33,34). The van der Waals surface area contributed by atoms with Crippen molar-refractivity contribution in [3.63, 3.8) is 0 Å². The molecule has 1 amide bonds. The van der Waals surface area contributed by atoms with Gasteiger partial charge in [-0.3, -0.25) is 14.3 Å². The zero-order valence-electron chi connectivity index (χ0n) is 19.3. The SMILES string of the molecule is Cn1c(Nc2c(Cl)cncc2Cl)nc2cc(C(=O)NCc3ccccc3C(F)(F)F)c(OCC(F)F)nc21. The predicted octanol–water partition coefficient (Wildman–Crippen LogP) is 6.01. The average molecular weight is 575 g/mol. The number of benzene rings is 1. The molecule has 3 heterocycles. The summed E-state index contributed by atoms with van der Waals surface area (Å²) in [5.41, 5.74) is -0.812. The van der Waals surface area contributed by atoms with Crippen molar-refractivity contribution in [2.45, 2.75) is 19.1 Å². The molecule has 0 bridgehead atoms. The number of nitrogens with zero attached hydrogens (tertiary/aromatic N) is 4. The minimum absolute atomic E-state index is 0.150. The number of hydrogen-bond donors (Lipinski definition) is 2. The third-order valence-corrected chi connectivity index (χ3v) is 5.83. The Morgan fingerprint density at radius 1 is 1.13 bits per heavy atom. The summed E-state index contributed by atoms with van der Waals surface area (Å²) in [6, 6.07) is 5.95. The van der Waals surface area contributed by atoms with Crippen LogP contribution in [0.2, 0.25) is 10.0 Å². The van der Waals surface area contributed by atoms with Crippen molar-refractivity contribution in [3.05, 3.63) is 69.5 Å². The first kappa shape index (κ1) is 27.3. The van der Waals surface area contributed by atoms with Crippen LogP contribution in [0.25, 0.3) is 11.2 Å². The fourth-order valence-electron chi connectivity index (χ4n) is 3.49. The molecule has 0 atom stereocenters. The monoisotopic (exact) mass is 574 g/mol. The van der Waals surface area contributed by atoms with E-state index in [0.29, 0.717) is 0 Å². The lowest BCUT2D eigenvalue weighted by Gasteiger charge is -2.14. The maximum Gasteiger partial charge on any atom is 0.416 e. The molecule has 0 unspecified atom stereocenters. The van der Waals surface area contributed by atoms with Crippen LogP contribution in [0.5, 0.6) is 5.88 Å². The van der Waals surface area contributed by atoms with Crippen molar-refractivity contribution >= 4 is 51.9 Å². The first-order valence-corrected chi connectivity index (χ1v) is 11.5. The molecule has 15 heteroatoms. The van der Waals surface area contributed by atoms with Gasteiger partial charge < -0.3 is 15.4 Å². The quantitative estimate of drug-likeness (QED) is 0.250. The Labute approximate surface area is 221 Å². The summed E-state index contributed by atoms with van der Waals surface area (Å²) in [7, 11) is 1.55. The molecule has 0 saturated heterocycles. The van der Waals surface area contributed by atoms with E-state index >= 15 is 0 Å². The summed E-state index contributed by atoms with van der Waals surface area (Å²) in [5, 5.41) is 5.67. The molecule has 1 aromatic carbocycles. The van der Waals surface area contributed by atoms with Crippen molar-refractivity contribution in [2.75, 3.05) is 11.9 Å². The number of hydrogen-bond acceptors (Lipinski definition) is 6. The van der Waals surface area contributed by atoms with Crippen LogP contribution < -0.4 is 15.4 Å². The van der Waals surface area contributed by atoms with E-state index < -0.39 is 43.1 Å². The number of nitrogens with one attached hydrogen (secondary N) is 2. The van der Waals surface area contributed by atoms with Crippen LogP contribution in [0.4, 0.5) is 33.6 Å². The number of pyridine rings is 2. The summed E-state index contributed by atoms with van der Waals surface area (Å²) >= 11 is 12.3. The van der Waals surface area contributed by atoms with E-state index in [1.165, 1.54) is 41.2 Å². The highest BCUT2D eigenvalue weighted by Gasteiger charge is 2.33. The maximum absolute atomic E-state index is 13.3. The molecule has 4 aromatic rings. The number of aromatic nitrogens is 4. The van der Waals surface area contributed by atoms with Gasteiger partial charge in [0.1, 0.15) is 11.1 Å². The van der Waals surface area contributed by atoms with Crippen molar-refractivity contribution in [1.29, 1.82) is 0 Å². The van der Waals surface area contributed by atoms with Crippen LogP contribution in [-0.2, 0) is 19.8 Å². The van der Waals surface area contributed by atoms with E-state index in [1.54, 1.807) is 7.05 Å². The predicted molar refractivity (Wildman–Crippen MR) is 130 cm³/mol. The van der Waals surface area contributed by atoms with Gasteiger partial charge in [0.05, 0.1) is 21.3 Å². The highest BCUT2D eigenvalue weighted by Crippen LogP contribution is 2.34. The van der Waals surface area contributed by atoms with E-state index in [-0.39, 0.29) is 44.0 Å². The number of alkyl halides is 5. The second kappa shape index (κ2) is 11.0. The van der Waals surface area contributed by atoms with Gasteiger partial charge in [-0.2, -0.15) is 18.2 Å². The van der Waals surface area contributed by atoms with Gasteiger partial charge in [-0.1, -0.05) is 41.4 Å². The molecule has 8 nitrogen and oxygen atoms in total. The second-order valence-corrected chi connectivity index (χ2v) is 8.64. The molecule has 0 aliphatic heterocycles. The number of fused-ring (bicyclic) bond motifs is 1. The van der Waals surface area contributed by atoms with Crippen LogP contribution in [0.1, 0.15) is 21.5 Å². The fraction of sp³-hybridized carbons (Fsp3) is 0.217. The first-order valence-electron chi connectivity index (χ1n) is 10.7. The molecule has 2 N–H and O–H groups in total. The third-order valence-electron chi connectivity index (χ3n) is 5.25. The lowest BCUT2D eigenvalue weighted by atomic mass is 10.1. The Kier molecular flexibility index (Phi) is 7.88. The average Bonchev–Trinajstić information content (AvgIpc) is 3.16. The molecule has 0 fully saturated rings. The first-order chi connectivity index (χ1) is 18.0. The van der Waals surface area contributed by atoms with Crippen molar-refractivity contribution in [1.82, 2.24) is 24.8 Å². The molecule has 0 aliphatic carbocycles.